The molecule has 0 unspecified atom stereocenters. The first kappa shape index (κ1) is 24.4. The topological polar surface area (TPSA) is 93.1 Å². The molecule has 3 aromatic rings. The van der Waals surface area contributed by atoms with Crippen molar-refractivity contribution in [1.29, 1.82) is 0 Å². The molecular weight excluding hydrogens is 452 g/mol. The number of nitrogens with one attached hydrogen (secondary N) is 1. The standard InChI is InChI=1S/C28H36N6O2/c1-4-36-21-11-12-25-23(16-21)19(3)31-28(33-25)34-15-7-8-20(17-34)27(35)29-14-13-26-30-18(2)22-9-5-6-10-24(22)32-26/h11-12,16,20H,4-10,13-15,17H2,1-3H3,(H,29,35)/t20-/m1/s1. The van der Waals surface area contributed by atoms with Crippen LogP contribution in [-0.4, -0.2) is 52.1 Å². The van der Waals surface area contributed by atoms with Crippen molar-refractivity contribution in [1.82, 2.24) is 25.3 Å². The van der Waals surface area contributed by atoms with Crippen LogP contribution in [0.3, 0.4) is 0 Å². The Morgan fingerprint density at radius 2 is 1.94 bits per heavy atom. The number of aromatic nitrogens is 4. The molecule has 1 saturated heterocycles. The molecule has 2 aliphatic rings. The molecule has 190 valence electrons. The Labute approximate surface area is 212 Å². The highest BCUT2D eigenvalue weighted by atomic mass is 16.5. The van der Waals surface area contributed by atoms with Gasteiger partial charge in [0.05, 0.1) is 23.7 Å². The lowest BCUT2D eigenvalue weighted by molar-refractivity contribution is -0.125. The molecule has 2 aromatic heterocycles. The molecule has 8 nitrogen and oxygen atoms in total. The molecule has 1 amide bonds. The van der Waals surface area contributed by atoms with E-state index in [2.05, 4.69) is 17.1 Å². The summed E-state index contributed by atoms with van der Waals surface area (Å²) >= 11 is 0. The number of anilines is 1. The molecule has 1 atom stereocenters. The lowest BCUT2D eigenvalue weighted by atomic mass is 9.95. The van der Waals surface area contributed by atoms with Crippen molar-refractivity contribution < 1.29 is 9.53 Å². The van der Waals surface area contributed by atoms with Crippen LogP contribution >= 0.6 is 0 Å². The van der Waals surface area contributed by atoms with Gasteiger partial charge in [0.1, 0.15) is 11.6 Å². The Hall–Kier alpha value is -3.29. The van der Waals surface area contributed by atoms with Gasteiger partial charge in [-0.2, -0.15) is 0 Å². The third-order valence-electron chi connectivity index (χ3n) is 7.32. The van der Waals surface area contributed by atoms with Crippen molar-refractivity contribution in [2.45, 2.75) is 65.7 Å². The van der Waals surface area contributed by atoms with Gasteiger partial charge in [0.25, 0.3) is 0 Å². The zero-order valence-electron chi connectivity index (χ0n) is 21.6. The molecule has 0 radical (unpaired) electrons. The van der Waals surface area contributed by atoms with Crippen molar-refractivity contribution in [3.63, 3.8) is 0 Å². The molecule has 1 aliphatic heterocycles. The quantitative estimate of drug-likeness (QED) is 0.539. The number of aryl methyl sites for hydroxylation is 3. The van der Waals surface area contributed by atoms with Crippen molar-refractivity contribution in [3.8, 4) is 5.75 Å². The highest BCUT2D eigenvalue weighted by Gasteiger charge is 2.27. The molecule has 1 aliphatic carbocycles. The monoisotopic (exact) mass is 488 g/mol. The van der Waals surface area contributed by atoms with Crippen LogP contribution < -0.4 is 15.0 Å². The second-order valence-electron chi connectivity index (χ2n) is 9.90. The Kier molecular flexibility index (Phi) is 7.30. The molecule has 3 heterocycles. The van der Waals surface area contributed by atoms with E-state index in [0.717, 1.165) is 66.1 Å². The fourth-order valence-corrected chi connectivity index (χ4v) is 5.41. The molecule has 1 N–H and O–H groups in total. The van der Waals surface area contributed by atoms with E-state index in [9.17, 15) is 4.79 Å². The minimum atomic E-state index is -0.0788. The van der Waals surface area contributed by atoms with Crippen LogP contribution in [0.25, 0.3) is 10.9 Å². The average Bonchev–Trinajstić information content (AvgIpc) is 2.89. The minimum absolute atomic E-state index is 0.0788. The summed E-state index contributed by atoms with van der Waals surface area (Å²) in [5, 5.41) is 4.13. The molecule has 5 rings (SSSR count). The summed E-state index contributed by atoms with van der Waals surface area (Å²) in [6.07, 6.45) is 7.03. The van der Waals surface area contributed by atoms with Crippen molar-refractivity contribution >= 4 is 22.8 Å². The zero-order chi connectivity index (χ0) is 25.1. The Bertz CT molecular complexity index is 1260. The average molecular weight is 489 g/mol. The number of hydrogen-bond acceptors (Lipinski definition) is 7. The normalized spacial score (nSPS) is 17.6. The van der Waals surface area contributed by atoms with E-state index >= 15 is 0 Å². The summed E-state index contributed by atoms with van der Waals surface area (Å²) in [5.74, 6) is 2.37. The maximum absolute atomic E-state index is 13.0. The highest BCUT2D eigenvalue weighted by molar-refractivity contribution is 5.83. The van der Waals surface area contributed by atoms with E-state index in [1.54, 1.807) is 0 Å². The maximum Gasteiger partial charge on any atom is 0.226 e. The molecule has 8 heteroatoms. The summed E-state index contributed by atoms with van der Waals surface area (Å²) in [7, 11) is 0. The first-order valence-corrected chi connectivity index (χ1v) is 13.3. The third kappa shape index (κ3) is 5.27. The van der Waals surface area contributed by atoms with Crippen LogP contribution in [0, 0.1) is 19.8 Å². The predicted octanol–water partition coefficient (Wildman–Crippen LogP) is 3.89. The Morgan fingerprint density at radius 1 is 1.08 bits per heavy atom. The van der Waals surface area contributed by atoms with E-state index in [1.165, 1.54) is 24.1 Å². The number of hydrogen-bond donors (Lipinski definition) is 1. The number of benzene rings is 1. The Balaban J connectivity index is 1.20. The van der Waals surface area contributed by atoms with Crippen molar-refractivity contribution in [3.05, 3.63) is 46.7 Å². The van der Waals surface area contributed by atoms with Crippen LogP contribution in [0.2, 0.25) is 0 Å². The molecule has 1 aromatic carbocycles. The number of carbonyl (C=O) groups is 1. The van der Waals surface area contributed by atoms with Crippen LogP contribution in [0.1, 0.15) is 61.1 Å². The van der Waals surface area contributed by atoms with Gasteiger partial charge in [-0.15, -0.1) is 0 Å². The Morgan fingerprint density at radius 3 is 2.81 bits per heavy atom. The van der Waals surface area contributed by atoms with Crippen LogP contribution in [0.4, 0.5) is 5.95 Å². The molecular formula is C28H36N6O2. The second kappa shape index (κ2) is 10.8. The number of carbonyl (C=O) groups excluding carboxylic acids is 1. The van der Waals surface area contributed by atoms with Gasteiger partial charge in [-0.3, -0.25) is 4.79 Å². The van der Waals surface area contributed by atoms with Crippen molar-refractivity contribution in [2.75, 3.05) is 31.1 Å². The van der Waals surface area contributed by atoms with Gasteiger partial charge >= 0.3 is 0 Å². The molecule has 1 fully saturated rings. The van der Waals surface area contributed by atoms with Crippen molar-refractivity contribution in [2.24, 2.45) is 5.92 Å². The highest BCUT2D eigenvalue weighted by Crippen LogP contribution is 2.27. The largest absolute Gasteiger partial charge is 0.494 e. The van der Waals surface area contributed by atoms with Crippen LogP contribution in [-0.2, 0) is 24.1 Å². The van der Waals surface area contributed by atoms with Gasteiger partial charge in [-0.25, -0.2) is 19.9 Å². The number of nitrogens with zero attached hydrogens (tertiary/aromatic N) is 5. The minimum Gasteiger partial charge on any atom is -0.494 e. The van der Waals surface area contributed by atoms with Gasteiger partial charge in [-0.05, 0) is 83.1 Å². The number of amides is 1. The van der Waals surface area contributed by atoms with E-state index < -0.39 is 0 Å². The second-order valence-corrected chi connectivity index (χ2v) is 9.90. The van der Waals surface area contributed by atoms with E-state index in [-0.39, 0.29) is 11.8 Å². The first-order chi connectivity index (χ1) is 17.5. The summed E-state index contributed by atoms with van der Waals surface area (Å²) in [4.78, 5) is 34.2. The molecule has 36 heavy (non-hydrogen) atoms. The van der Waals surface area contributed by atoms with Crippen LogP contribution in [0.5, 0.6) is 5.75 Å². The van der Waals surface area contributed by atoms with Gasteiger partial charge in [0, 0.05) is 42.8 Å². The fourth-order valence-electron chi connectivity index (χ4n) is 5.41. The third-order valence-corrected chi connectivity index (χ3v) is 7.32. The molecule has 0 spiro atoms. The zero-order valence-corrected chi connectivity index (χ0v) is 21.6. The van der Waals surface area contributed by atoms with E-state index in [1.807, 2.05) is 32.0 Å². The summed E-state index contributed by atoms with van der Waals surface area (Å²) in [5.41, 5.74) is 5.45. The van der Waals surface area contributed by atoms with Gasteiger partial charge in [-0.1, -0.05) is 0 Å². The predicted molar refractivity (Wildman–Crippen MR) is 141 cm³/mol. The fraction of sp³-hybridized carbons (Fsp3) is 0.536. The molecule has 0 saturated carbocycles. The lowest BCUT2D eigenvalue weighted by Crippen LogP contribution is -2.44. The number of rotatable bonds is 7. The summed E-state index contributed by atoms with van der Waals surface area (Å²) < 4.78 is 5.63. The van der Waals surface area contributed by atoms with Gasteiger partial charge < -0.3 is 15.0 Å². The van der Waals surface area contributed by atoms with E-state index in [4.69, 9.17) is 24.7 Å². The number of fused-ring (bicyclic) bond motifs is 2. The molecule has 0 bridgehead atoms. The smallest absolute Gasteiger partial charge is 0.226 e. The SMILES string of the molecule is CCOc1ccc2nc(N3CCC[C@@H](C(=O)NCCc4nc(C)c5c(n4)CCCC5)C3)nc(C)c2c1. The maximum atomic E-state index is 13.0. The lowest BCUT2D eigenvalue weighted by Gasteiger charge is -2.32. The van der Waals surface area contributed by atoms with Gasteiger partial charge in [0.15, 0.2) is 0 Å². The summed E-state index contributed by atoms with van der Waals surface area (Å²) in [6, 6.07) is 5.93. The van der Waals surface area contributed by atoms with E-state index in [0.29, 0.717) is 32.1 Å². The van der Waals surface area contributed by atoms with Crippen LogP contribution in [0.15, 0.2) is 18.2 Å². The number of ether oxygens (including phenoxy) is 1. The first-order valence-electron chi connectivity index (χ1n) is 13.3. The summed E-state index contributed by atoms with van der Waals surface area (Å²) in [6.45, 7) is 8.72. The number of piperidine rings is 1. The van der Waals surface area contributed by atoms with Gasteiger partial charge in [0.2, 0.25) is 11.9 Å².